The van der Waals surface area contributed by atoms with E-state index in [4.69, 9.17) is 10.5 Å². The number of rotatable bonds is 4. The number of nitrogens with zero attached hydrogens (tertiary/aromatic N) is 1. The minimum absolute atomic E-state index is 0.477. The third-order valence-corrected chi connectivity index (χ3v) is 3.60. The molecule has 0 spiro atoms. The highest BCUT2D eigenvalue weighted by Gasteiger charge is 2.08. The molecule has 0 fully saturated rings. The minimum Gasteiger partial charge on any atom is -0.488 e. The Morgan fingerprint density at radius 1 is 1.00 bits per heavy atom. The van der Waals surface area contributed by atoms with E-state index in [1.807, 2.05) is 43.5 Å². The third kappa shape index (κ3) is 2.73. The van der Waals surface area contributed by atoms with Crippen molar-refractivity contribution in [2.45, 2.75) is 20.1 Å². The van der Waals surface area contributed by atoms with Crippen LogP contribution in [0, 0.1) is 6.92 Å². The van der Waals surface area contributed by atoms with E-state index in [0.717, 1.165) is 33.3 Å². The van der Waals surface area contributed by atoms with Crippen LogP contribution in [0.3, 0.4) is 0 Å². The predicted octanol–water partition coefficient (Wildman–Crippen LogP) is 3.58. The highest BCUT2D eigenvalue weighted by Crippen LogP contribution is 2.25. The zero-order valence-electron chi connectivity index (χ0n) is 12.0. The monoisotopic (exact) mass is 278 g/mol. The predicted molar refractivity (Wildman–Crippen MR) is 85.1 cm³/mol. The molecule has 0 amide bonds. The van der Waals surface area contributed by atoms with Crippen LogP contribution in [-0.4, -0.2) is 4.98 Å². The zero-order chi connectivity index (χ0) is 14.7. The summed E-state index contributed by atoms with van der Waals surface area (Å²) >= 11 is 0. The molecular weight excluding hydrogens is 260 g/mol. The second-order valence-corrected chi connectivity index (χ2v) is 5.05. The Labute approximate surface area is 124 Å². The average Bonchev–Trinajstić information content (AvgIpc) is 2.53. The van der Waals surface area contributed by atoms with Crippen molar-refractivity contribution >= 4 is 10.9 Å². The maximum Gasteiger partial charge on any atom is 0.127 e. The molecule has 1 aromatic heterocycles. The largest absolute Gasteiger partial charge is 0.488 e. The van der Waals surface area contributed by atoms with Crippen molar-refractivity contribution < 1.29 is 4.74 Å². The fraction of sp³-hybridized carbons (Fsp3) is 0.167. The average molecular weight is 278 g/mol. The molecule has 106 valence electrons. The molecule has 3 rings (SSSR count). The van der Waals surface area contributed by atoms with Crippen molar-refractivity contribution in [1.82, 2.24) is 4.98 Å². The Hall–Kier alpha value is -2.39. The minimum atomic E-state index is 0.477. The van der Waals surface area contributed by atoms with E-state index in [9.17, 15) is 0 Å². The van der Waals surface area contributed by atoms with E-state index < -0.39 is 0 Å². The number of aromatic nitrogens is 1. The van der Waals surface area contributed by atoms with Gasteiger partial charge in [0.1, 0.15) is 12.4 Å². The lowest BCUT2D eigenvalue weighted by Gasteiger charge is -2.14. The maximum atomic E-state index is 6.03. The Morgan fingerprint density at radius 3 is 2.62 bits per heavy atom. The molecule has 0 saturated carbocycles. The smallest absolute Gasteiger partial charge is 0.127 e. The molecule has 0 aliphatic heterocycles. The first-order chi connectivity index (χ1) is 10.3. The highest BCUT2D eigenvalue weighted by atomic mass is 16.5. The van der Waals surface area contributed by atoms with Gasteiger partial charge in [0.2, 0.25) is 0 Å². The summed E-state index contributed by atoms with van der Waals surface area (Å²) in [5.74, 6) is 0.882. The van der Waals surface area contributed by atoms with Crippen LogP contribution < -0.4 is 10.5 Å². The lowest BCUT2D eigenvalue weighted by atomic mass is 10.1. The number of nitrogens with two attached hydrogens (primary N) is 1. The van der Waals surface area contributed by atoms with Crippen molar-refractivity contribution in [3.63, 3.8) is 0 Å². The van der Waals surface area contributed by atoms with Gasteiger partial charge in [-0.1, -0.05) is 42.5 Å². The molecule has 2 N–H and O–H groups in total. The van der Waals surface area contributed by atoms with E-state index in [1.165, 1.54) is 0 Å². The van der Waals surface area contributed by atoms with Crippen LogP contribution in [0.15, 0.2) is 54.7 Å². The Morgan fingerprint density at radius 2 is 1.76 bits per heavy atom. The normalized spacial score (nSPS) is 10.8. The molecule has 0 atom stereocenters. The molecule has 3 nitrogen and oxygen atoms in total. The number of pyridine rings is 1. The van der Waals surface area contributed by atoms with E-state index >= 15 is 0 Å². The summed E-state index contributed by atoms with van der Waals surface area (Å²) in [6, 6.07) is 16.2. The quantitative estimate of drug-likeness (QED) is 0.793. The molecule has 0 aliphatic carbocycles. The fourth-order valence-electron chi connectivity index (χ4n) is 2.51. The van der Waals surface area contributed by atoms with Crippen molar-refractivity contribution in [2.24, 2.45) is 5.73 Å². The number of hydrogen-bond acceptors (Lipinski definition) is 3. The van der Waals surface area contributed by atoms with Crippen LogP contribution in [0.25, 0.3) is 10.9 Å². The molecule has 3 aromatic rings. The summed E-state index contributed by atoms with van der Waals surface area (Å²) < 4.78 is 6.03. The van der Waals surface area contributed by atoms with Gasteiger partial charge in [0, 0.05) is 29.3 Å². The van der Waals surface area contributed by atoms with Gasteiger partial charge in [0.15, 0.2) is 0 Å². The molecule has 21 heavy (non-hydrogen) atoms. The van der Waals surface area contributed by atoms with Crippen molar-refractivity contribution in [3.8, 4) is 5.75 Å². The molecule has 0 aliphatic rings. The molecule has 1 heterocycles. The van der Waals surface area contributed by atoms with Crippen LogP contribution >= 0.6 is 0 Å². The molecule has 0 saturated heterocycles. The van der Waals surface area contributed by atoms with Gasteiger partial charge in [-0.15, -0.1) is 0 Å². The molecule has 0 radical (unpaired) electrons. The number of hydrogen-bond donors (Lipinski definition) is 1. The zero-order valence-corrected chi connectivity index (χ0v) is 12.0. The molecule has 3 heteroatoms. The van der Waals surface area contributed by atoms with Gasteiger partial charge in [-0.3, -0.25) is 4.98 Å². The van der Waals surface area contributed by atoms with Crippen molar-refractivity contribution in [3.05, 3.63) is 71.4 Å². The summed E-state index contributed by atoms with van der Waals surface area (Å²) in [7, 11) is 0. The number of fused-ring (bicyclic) bond motifs is 1. The lowest BCUT2D eigenvalue weighted by Crippen LogP contribution is -2.04. The van der Waals surface area contributed by atoms with Crippen molar-refractivity contribution in [2.75, 3.05) is 0 Å². The van der Waals surface area contributed by atoms with E-state index in [0.29, 0.717) is 13.2 Å². The fourth-order valence-corrected chi connectivity index (χ4v) is 2.51. The van der Waals surface area contributed by atoms with E-state index in [1.54, 1.807) is 0 Å². The third-order valence-electron chi connectivity index (χ3n) is 3.60. The van der Waals surface area contributed by atoms with Gasteiger partial charge >= 0.3 is 0 Å². The highest BCUT2D eigenvalue weighted by molar-refractivity contribution is 5.81. The number of aryl methyl sites for hydroxylation is 1. The first-order valence-corrected chi connectivity index (χ1v) is 7.03. The van der Waals surface area contributed by atoms with Gasteiger partial charge < -0.3 is 10.5 Å². The topological polar surface area (TPSA) is 48.1 Å². The van der Waals surface area contributed by atoms with Crippen LogP contribution in [0.5, 0.6) is 5.75 Å². The Bertz CT molecular complexity index is 763. The molecule has 2 aromatic carbocycles. The van der Waals surface area contributed by atoms with Crippen LogP contribution in [0.1, 0.15) is 16.7 Å². The summed E-state index contributed by atoms with van der Waals surface area (Å²) in [5.41, 5.74) is 9.99. The Kier molecular flexibility index (Phi) is 3.84. The van der Waals surface area contributed by atoms with Crippen LogP contribution in [0.4, 0.5) is 0 Å². The van der Waals surface area contributed by atoms with Gasteiger partial charge in [-0.2, -0.15) is 0 Å². The van der Waals surface area contributed by atoms with E-state index in [2.05, 4.69) is 23.2 Å². The van der Waals surface area contributed by atoms with Crippen molar-refractivity contribution in [1.29, 1.82) is 0 Å². The standard InChI is InChI=1S/C18H18N2O/c1-13-5-2-7-15(11-19)18(13)21-12-16-8-3-6-14-9-4-10-20-17(14)16/h2-10H,11-12,19H2,1H3. The lowest BCUT2D eigenvalue weighted by molar-refractivity contribution is 0.302. The second kappa shape index (κ2) is 5.94. The molecule has 0 unspecified atom stereocenters. The van der Waals surface area contributed by atoms with Gasteiger partial charge in [0.25, 0.3) is 0 Å². The van der Waals surface area contributed by atoms with Gasteiger partial charge in [-0.25, -0.2) is 0 Å². The summed E-state index contributed by atoms with van der Waals surface area (Å²) in [4.78, 5) is 4.45. The van der Waals surface area contributed by atoms with Crippen LogP contribution in [0.2, 0.25) is 0 Å². The number of benzene rings is 2. The maximum absolute atomic E-state index is 6.03. The number of para-hydroxylation sites is 2. The summed E-state index contributed by atoms with van der Waals surface area (Å²) in [5, 5.41) is 1.13. The SMILES string of the molecule is Cc1cccc(CN)c1OCc1cccc2cccnc12. The second-order valence-electron chi connectivity index (χ2n) is 5.05. The molecule has 0 bridgehead atoms. The number of ether oxygens (including phenoxy) is 1. The van der Waals surface area contributed by atoms with Gasteiger partial charge in [-0.05, 0) is 18.6 Å². The molecular formula is C18H18N2O. The first-order valence-electron chi connectivity index (χ1n) is 7.03. The first kappa shape index (κ1) is 13.6. The van der Waals surface area contributed by atoms with Crippen LogP contribution in [-0.2, 0) is 13.2 Å². The summed E-state index contributed by atoms with van der Waals surface area (Å²) in [6.07, 6.45) is 1.81. The Balaban J connectivity index is 1.91. The van der Waals surface area contributed by atoms with E-state index in [-0.39, 0.29) is 0 Å². The van der Waals surface area contributed by atoms with Gasteiger partial charge in [0.05, 0.1) is 5.52 Å². The summed E-state index contributed by atoms with van der Waals surface area (Å²) in [6.45, 7) is 3.01.